The number of nitrogens with one attached hydrogen (secondary N) is 2. The molecule has 0 unspecified atom stereocenters. The Kier molecular flexibility index (Phi) is 9.90. The van der Waals surface area contributed by atoms with Crippen molar-refractivity contribution in [3.8, 4) is 5.75 Å². The zero-order valence-corrected chi connectivity index (χ0v) is 22.0. The van der Waals surface area contributed by atoms with E-state index in [4.69, 9.17) is 21.1 Å². The average Bonchev–Trinajstić information content (AvgIpc) is 2.88. The molecule has 0 heterocycles. The van der Waals surface area contributed by atoms with Crippen LogP contribution in [-0.4, -0.2) is 53.6 Å². The highest BCUT2D eigenvalue weighted by molar-refractivity contribution is 7.92. The van der Waals surface area contributed by atoms with E-state index in [0.717, 1.165) is 4.31 Å². The summed E-state index contributed by atoms with van der Waals surface area (Å²) in [6.45, 7) is 2.12. The van der Waals surface area contributed by atoms with E-state index in [-0.39, 0.29) is 21.8 Å². The highest BCUT2D eigenvalue weighted by Crippen LogP contribution is 2.33. The molecule has 0 aliphatic heterocycles. The Morgan fingerprint density at radius 3 is 2.35 bits per heavy atom. The molecule has 0 saturated carbocycles. The second-order valence-corrected chi connectivity index (χ2v) is 10.0. The van der Waals surface area contributed by atoms with E-state index >= 15 is 0 Å². The first-order valence-electron chi connectivity index (χ1n) is 11.4. The number of carbonyl (C=O) groups excluding carboxylic acids is 2. The van der Waals surface area contributed by atoms with Crippen LogP contribution in [0.5, 0.6) is 5.75 Å². The van der Waals surface area contributed by atoms with Crippen LogP contribution >= 0.6 is 11.6 Å². The number of anilines is 2. The van der Waals surface area contributed by atoms with Gasteiger partial charge in [0.25, 0.3) is 15.9 Å². The fourth-order valence-electron chi connectivity index (χ4n) is 3.45. The number of nitrogens with zero attached hydrogens (tertiary/aromatic N) is 1. The molecule has 3 aromatic rings. The van der Waals surface area contributed by atoms with Crippen molar-refractivity contribution in [3.63, 3.8) is 0 Å². The first-order chi connectivity index (χ1) is 17.8. The first kappa shape index (κ1) is 28.0. The van der Waals surface area contributed by atoms with Crippen molar-refractivity contribution in [2.45, 2.75) is 11.8 Å². The van der Waals surface area contributed by atoms with Crippen LogP contribution in [0.15, 0.2) is 77.7 Å². The van der Waals surface area contributed by atoms with Gasteiger partial charge >= 0.3 is 0 Å². The van der Waals surface area contributed by atoms with Crippen LogP contribution in [0.4, 0.5) is 11.4 Å². The number of hydrogen-bond donors (Lipinski definition) is 2. The second-order valence-electron chi connectivity index (χ2n) is 7.71. The topological polar surface area (TPSA) is 114 Å². The maximum Gasteiger partial charge on any atom is 0.264 e. The predicted octanol–water partition coefficient (Wildman–Crippen LogP) is 3.95. The van der Waals surface area contributed by atoms with Crippen LogP contribution in [0.3, 0.4) is 0 Å². The van der Waals surface area contributed by atoms with Crippen molar-refractivity contribution in [2.24, 2.45) is 0 Å². The lowest BCUT2D eigenvalue weighted by molar-refractivity contribution is -0.114. The van der Waals surface area contributed by atoms with E-state index in [1.807, 2.05) is 0 Å². The number of halogens is 1. The molecule has 2 N–H and O–H groups in total. The highest BCUT2D eigenvalue weighted by atomic mass is 35.5. The largest absolute Gasteiger partial charge is 0.492 e. The molecule has 0 aromatic heterocycles. The van der Waals surface area contributed by atoms with Crippen molar-refractivity contribution in [1.82, 2.24) is 5.32 Å². The number of sulfonamides is 1. The molecule has 3 rings (SSSR count). The summed E-state index contributed by atoms with van der Waals surface area (Å²) in [4.78, 5) is 25.8. The summed E-state index contributed by atoms with van der Waals surface area (Å²) in [5.74, 6) is -0.755. The third kappa shape index (κ3) is 7.22. The van der Waals surface area contributed by atoms with Crippen LogP contribution in [0, 0.1) is 0 Å². The quantitative estimate of drug-likeness (QED) is 0.333. The van der Waals surface area contributed by atoms with Crippen molar-refractivity contribution in [1.29, 1.82) is 0 Å². The summed E-state index contributed by atoms with van der Waals surface area (Å²) < 4.78 is 38.9. The Labute approximate surface area is 221 Å². The molecule has 0 fully saturated rings. The van der Waals surface area contributed by atoms with E-state index in [1.54, 1.807) is 55.5 Å². The standard InChI is InChI=1S/C26H28ClN3O6S/c1-3-36-24-11-7-6-10-23(24)30(37(33,34)20-14-12-19(27)13-15-20)18-25(31)29-22-9-5-4-8-21(22)26(32)28-16-17-35-2/h4-15H,3,16-18H2,1-2H3,(H,28,32)(H,29,31). The van der Waals surface area contributed by atoms with Gasteiger partial charge < -0.3 is 20.1 Å². The summed E-state index contributed by atoms with van der Waals surface area (Å²) >= 11 is 5.95. The van der Waals surface area contributed by atoms with Crippen LogP contribution in [0.2, 0.25) is 5.02 Å². The minimum Gasteiger partial charge on any atom is -0.492 e. The Balaban J connectivity index is 1.94. The minimum atomic E-state index is -4.20. The van der Waals surface area contributed by atoms with Crippen LogP contribution in [0.1, 0.15) is 17.3 Å². The zero-order chi connectivity index (χ0) is 26.8. The summed E-state index contributed by atoms with van der Waals surface area (Å²) in [5, 5.41) is 5.74. The monoisotopic (exact) mass is 545 g/mol. The minimum absolute atomic E-state index is 0.0473. The van der Waals surface area contributed by atoms with Crippen LogP contribution in [-0.2, 0) is 19.6 Å². The van der Waals surface area contributed by atoms with Gasteiger partial charge in [-0.05, 0) is 55.5 Å². The van der Waals surface area contributed by atoms with Gasteiger partial charge in [-0.3, -0.25) is 13.9 Å². The molecule has 11 heteroatoms. The number of carbonyl (C=O) groups is 2. The van der Waals surface area contributed by atoms with E-state index < -0.39 is 28.4 Å². The smallest absolute Gasteiger partial charge is 0.264 e. The molecule has 0 radical (unpaired) electrons. The number of benzene rings is 3. The maximum atomic E-state index is 13.7. The zero-order valence-electron chi connectivity index (χ0n) is 20.4. The molecule has 0 spiro atoms. The molecule has 196 valence electrons. The lowest BCUT2D eigenvalue weighted by Crippen LogP contribution is -2.38. The first-order valence-corrected chi connectivity index (χ1v) is 13.3. The van der Waals surface area contributed by atoms with E-state index in [9.17, 15) is 18.0 Å². The lowest BCUT2D eigenvalue weighted by Gasteiger charge is -2.26. The SMILES string of the molecule is CCOc1ccccc1N(CC(=O)Nc1ccccc1C(=O)NCCOC)S(=O)(=O)c1ccc(Cl)cc1. The number of methoxy groups -OCH3 is 1. The number of ether oxygens (including phenoxy) is 2. The van der Waals surface area contributed by atoms with E-state index in [2.05, 4.69) is 10.6 Å². The molecular weight excluding hydrogens is 518 g/mol. The van der Waals surface area contributed by atoms with Crippen LogP contribution < -0.4 is 19.7 Å². The molecule has 0 saturated heterocycles. The van der Waals surface area contributed by atoms with E-state index in [0.29, 0.717) is 30.5 Å². The summed E-state index contributed by atoms with van der Waals surface area (Å²) in [7, 11) is -2.68. The molecule has 37 heavy (non-hydrogen) atoms. The van der Waals surface area contributed by atoms with E-state index in [1.165, 1.54) is 31.4 Å². The summed E-state index contributed by atoms with van der Waals surface area (Å²) in [6, 6.07) is 18.6. The van der Waals surface area contributed by atoms with Gasteiger partial charge in [0.05, 0.1) is 35.0 Å². The normalized spacial score (nSPS) is 11.0. The number of para-hydroxylation sites is 3. The van der Waals surface area contributed by atoms with Gasteiger partial charge in [0.1, 0.15) is 12.3 Å². The summed E-state index contributed by atoms with van der Waals surface area (Å²) in [6.07, 6.45) is 0. The third-order valence-electron chi connectivity index (χ3n) is 5.16. The Hall–Kier alpha value is -3.60. The molecule has 0 aliphatic carbocycles. The highest BCUT2D eigenvalue weighted by Gasteiger charge is 2.30. The van der Waals surface area contributed by atoms with Gasteiger partial charge in [-0.1, -0.05) is 35.9 Å². The fraction of sp³-hybridized carbons (Fsp3) is 0.231. The summed E-state index contributed by atoms with van der Waals surface area (Å²) in [5.41, 5.74) is 0.665. The number of rotatable bonds is 12. The van der Waals surface area contributed by atoms with Crippen molar-refractivity contribution in [3.05, 3.63) is 83.4 Å². The molecule has 0 bridgehead atoms. The number of hydrogen-bond acceptors (Lipinski definition) is 6. The third-order valence-corrected chi connectivity index (χ3v) is 7.19. The van der Waals surface area contributed by atoms with Gasteiger partial charge in [0.2, 0.25) is 5.91 Å². The molecule has 0 atom stereocenters. The lowest BCUT2D eigenvalue weighted by atomic mass is 10.1. The molecule has 9 nitrogen and oxygen atoms in total. The molecule has 2 amide bonds. The Bertz CT molecular complexity index is 1330. The van der Waals surface area contributed by atoms with Gasteiger partial charge in [0.15, 0.2) is 0 Å². The Morgan fingerprint density at radius 2 is 1.65 bits per heavy atom. The van der Waals surface area contributed by atoms with Crippen molar-refractivity contribution in [2.75, 3.05) is 43.0 Å². The molecular formula is C26H28ClN3O6S. The van der Waals surface area contributed by atoms with Crippen LogP contribution in [0.25, 0.3) is 0 Å². The number of amides is 2. The molecule has 0 aliphatic rings. The van der Waals surface area contributed by atoms with Gasteiger partial charge in [-0.2, -0.15) is 0 Å². The Morgan fingerprint density at radius 1 is 0.973 bits per heavy atom. The average molecular weight is 546 g/mol. The van der Waals surface area contributed by atoms with Crippen molar-refractivity contribution < 1.29 is 27.5 Å². The second kappa shape index (κ2) is 13.1. The molecule has 3 aromatic carbocycles. The fourth-order valence-corrected chi connectivity index (χ4v) is 5.00. The predicted molar refractivity (Wildman–Crippen MR) is 143 cm³/mol. The van der Waals surface area contributed by atoms with Gasteiger partial charge in [-0.15, -0.1) is 0 Å². The van der Waals surface area contributed by atoms with Gasteiger partial charge in [-0.25, -0.2) is 8.42 Å². The maximum absolute atomic E-state index is 13.7. The van der Waals surface area contributed by atoms with Gasteiger partial charge in [0, 0.05) is 18.7 Å². The van der Waals surface area contributed by atoms with Crippen molar-refractivity contribution >= 4 is 44.8 Å².